The van der Waals surface area contributed by atoms with Crippen molar-refractivity contribution in [3.8, 4) is 0 Å². The first-order valence-electron chi connectivity index (χ1n) is 8.37. The van der Waals surface area contributed by atoms with E-state index in [0.29, 0.717) is 0 Å². The number of aromatic nitrogens is 2. The van der Waals surface area contributed by atoms with Crippen LogP contribution in [0.3, 0.4) is 0 Å². The number of hydrogen-bond donors (Lipinski definition) is 1. The van der Waals surface area contributed by atoms with E-state index >= 15 is 0 Å². The molecule has 4 rings (SSSR count). The minimum atomic E-state index is 0.0468. The molecule has 0 aliphatic heterocycles. The van der Waals surface area contributed by atoms with Crippen LogP contribution in [0.2, 0.25) is 0 Å². The topological polar surface area (TPSA) is 45.8 Å². The number of aromatic amines is 1. The van der Waals surface area contributed by atoms with Gasteiger partial charge in [-0.2, -0.15) is 0 Å². The molecule has 0 atom stereocenters. The molecule has 0 spiro atoms. The third-order valence-corrected chi connectivity index (χ3v) is 6.66. The fraction of sp³-hybridized carbons (Fsp3) is 0.368. The molecule has 1 N–H and O–H groups in total. The molecule has 0 saturated heterocycles. The van der Waals surface area contributed by atoms with Crippen molar-refractivity contribution in [1.82, 2.24) is 9.97 Å². The van der Waals surface area contributed by atoms with Crippen LogP contribution in [0.5, 0.6) is 0 Å². The zero-order valence-corrected chi connectivity index (χ0v) is 15.4. The van der Waals surface area contributed by atoms with Crippen molar-refractivity contribution in [1.29, 1.82) is 0 Å². The standard InChI is InChI=1S/C19H20N2OS2/c1-12-5-4-6-13(9-12)10-23-11-16-20-18(22)17-14-7-2-3-8-15(14)24-19(17)21-16/h4-6,9H,2-3,7-8,10-11H2,1H3,(H,20,21,22). The van der Waals surface area contributed by atoms with Gasteiger partial charge in [-0.3, -0.25) is 4.79 Å². The molecular weight excluding hydrogens is 336 g/mol. The van der Waals surface area contributed by atoms with Crippen LogP contribution in [0.1, 0.15) is 40.2 Å². The van der Waals surface area contributed by atoms with Crippen LogP contribution in [0.25, 0.3) is 10.2 Å². The summed E-state index contributed by atoms with van der Waals surface area (Å²) in [5.74, 6) is 2.47. The van der Waals surface area contributed by atoms with Crippen LogP contribution in [0, 0.1) is 6.92 Å². The zero-order valence-electron chi connectivity index (χ0n) is 13.7. The molecule has 2 heterocycles. The van der Waals surface area contributed by atoms with Gasteiger partial charge in [-0.05, 0) is 43.7 Å². The second-order valence-electron chi connectivity index (χ2n) is 6.39. The summed E-state index contributed by atoms with van der Waals surface area (Å²) < 4.78 is 0. The average molecular weight is 357 g/mol. The van der Waals surface area contributed by atoms with Gasteiger partial charge in [0.1, 0.15) is 10.7 Å². The Kier molecular flexibility index (Phi) is 4.46. The lowest BCUT2D eigenvalue weighted by molar-refractivity contribution is 0.700. The Hall–Kier alpha value is -1.59. The molecule has 0 fully saturated rings. The molecular formula is C19H20N2OS2. The average Bonchev–Trinajstić information content (AvgIpc) is 2.93. The molecule has 1 aliphatic carbocycles. The van der Waals surface area contributed by atoms with E-state index in [2.05, 4.69) is 36.2 Å². The summed E-state index contributed by atoms with van der Waals surface area (Å²) in [6, 6.07) is 8.56. The second kappa shape index (κ2) is 6.73. The van der Waals surface area contributed by atoms with Gasteiger partial charge in [0.25, 0.3) is 5.56 Å². The Labute approximate surface area is 149 Å². The number of thiophene rings is 1. The highest BCUT2D eigenvalue weighted by atomic mass is 32.2. The number of nitrogens with one attached hydrogen (secondary N) is 1. The largest absolute Gasteiger partial charge is 0.309 e. The second-order valence-corrected chi connectivity index (χ2v) is 8.45. The van der Waals surface area contributed by atoms with E-state index in [-0.39, 0.29) is 5.56 Å². The molecule has 124 valence electrons. The van der Waals surface area contributed by atoms with Crippen molar-refractivity contribution in [2.75, 3.05) is 0 Å². The summed E-state index contributed by atoms with van der Waals surface area (Å²) in [5.41, 5.74) is 3.90. The molecule has 3 nitrogen and oxygen atoms in total. The predicted molar refractivity (Wildman–Crippen MR) is 103 cm³/mol. The van der Waals surface area contributed by atoms with Gasteiger partial charge in [0.05, 0.1) is 11.1 Å². The molecule has 3 aromatic rings. The highest BCUT2D eigenvalue weighted by molar-refractivity contribution is 7.97. The first-order chi connectivity index (χ1) is 11.7. The Morgan fingerprint density at radius 1 is 1.25 bits per heavy atom. The smallest absolute Gasteiger partial charge is 0.259 e. The van der Waals surface area contributed by atoms with Gasteiger partial charge in [0.15, 0.2) is 0 Å². The Morgan fingerprint density at radius 3 is 3.00 bits per heavy atom. The minimum Gasteiger partial charge on any atom is -0.309 e. The van der Waals surface area contributed by atoms with Crippen LogP contribution < -0.4 is 5.56 Å². The summed E-state index contributed by atoms with van der Waals surface area (Å²) in [6.07, 6.45) is 4.55. The predicted octanol–water partition coefficient (Wildman–Crippen LogP) is 4.61. The van der Waals surface area contributed by atoms with Gasteiger partial charge in [-0.1, -0.05) is 29.8 Å². The molecule has 1 aliphatic rings. The molecule has 24 heavy (non-hydrogen) atoms. The Balaban J connectivity index is 1.53. The molecule has 0 radical (unpaired) electrons. The maximum Gasteiger partial charge on any atom is 0.259 e. The van der Waals surface area contributed by atoms with Crippen molar-refractivity contribution in [2.24, 2.45) is 0 Å². The lowest BCUT2D eigenvalue weighted by atomic mass is 9.97. The highest BCUT2D eigenvalue weighted by Crippen LogP contribution is 2.33. The number of rotatable bonds is 4. The summed E-state index contributed by atoms with van der Waals surface area (Å²) in [5, 5.41) is 0.849. The van der Waals surface area contributed by atoms with Crippen molar-refractivity contribution in [3.05, 3.63) is 62.0 Å². The van der Waals surface area contributed by atoms with Gasteiger partial charge in [-0.25, -0.2) is 4.98 Å². The Morgan fingerprint density at radius 2 is 2.12 bits per heavy atom. The van der Waals surface area contributed by atoms with Crippen molar-refractivity contribution in [3.63, 3.8) is 0 Å². The van der Waals surface area contributed by atoms with Crippen molar-refractivity contribution in [2.45, 2.75) is 44.1 Å². The quantitative estimate of drug-likeness (QED) is 0.743. The van der Waals surface area contributed by atoms with Gasteiger partial charge in [-0.15, -0.1) is 23.1 Å². The molecule has 0 amide bonds. The van der Waals surface area contributed by atoms with Crippen LogP contribution in [0.15, 0.2) is 29.1 Å². The van der Waals surface area contributed by atoms with E-state index in [9.17, 15) is 4.79 Å². The molecule has 1 aromatic carbocycles. The van der Waals surface area contributed by atoms with E-state index in [1.165, 1.54) is 34.4 Å². The van der Waals surface area contributed by atoms with Crippen LogP contribution >= 0.6 is 23.1 Å². The Bertz CT molecular complexity index is 942. The van der Waals surface area contributed by atoms with E-state index in [4.69, 9.17) is 4.98 Å². The number of nitrogens with zero attached hydrogens (tertiary/aromatic N) is 1. The number of aryl methyl sites for hydroxylation is 3. The summed E-state index contributed by atoms with van der Waals surface area (Å²) in [6.45, 7) is 2.11. The van der Waals surface area contributed by atoms with Gasteiger partial charge in [0.2, 0.25) is 0 Å². The normalized spacial score (nSPS) is 14.0. The molecule has 0 saturated carbocycles. The first kappa shape index (κ1) is 15.9. The van der Waals surface area contributed by atoms with Crippen molar-refractivity contribution >= 4 is 33.3 Å². The van der Waals surface area contributed by atoms with E-state index in [1.807, 2.05) is 0 Å². The number of benzene rings is 1. The number of H-pyrrole nitrogens is 1. The van der Waals surface area contributed by atoms with E-state index in [1.54, 1.807) is 23.1 Å². The lowest BCUT2D eigenvalue weighted by Gasteiger charge is -2.09. The molecule has 0 unspecified atom stereocenters. The SMILES string of the molecule is Cc1cccc(CSCc2nc3sc4c(c3c(=O)[nH]2)CCCC4)c1. The first-order valence-corrected chi connectivity index (χ1v) is 10.3. The summed E-state index contributed by atoms with van der Waals surface area (Å²) in [4.78, 5) is 22.5. The summed E-state index contributed by atoms with van der Waals surface area (Å²) >= 11 is 3.51. The fourth-order valence-electron chi connectivity index (χ4n) is 3.34. The number of fused-ring (bicyclic) bond motifs is 3. The molecule has 0 bridgehead atoms. The van der Waals surface area contributed by atoms with Gasteiger partial charge < -0.3 is 4.98 Å². The van der Waals surface area contributed by atoms with Gasteiger partial charge in [0, 0.05) is 10.6 Å². The third kappa shape index (κ3) is 3.15. The van der Waals surface area contributed by atoms with E-state index in [0.717, 1.165) is 40.4 Å². The third-order valence-electron chi connectivity index (χ3n) is 4.46. The molecule has 2 aromatic heterocycles. The monoisotopic (exact) mass is 356 g/mol. The highest BCUT2D eigenvalue weighted by Gasteiger charge is 2.19. The van der Waals surface area contributed by atoms with Crippen molar-refractivity contribution < 1.29 is 0 Å². The maximum atomic E-state index is 12.5. The van der Waals surface area contributed by atoms with E-state index < -0.39 is 0 Å². The lowest BCUT2D eigenvalue weighted by Crippen LogP contribution is -2.12. The number of thioether (sulfide) groups is 1. The van der Waals surface area contributed by atoms with Crippen LogP contribution in [-0.2, 0) is 24.3 Å². The summed E-state index contributed by atoms with van der Waals surface area (Å²) in [7, 11) is 0. The van der Waals surface area contributed by atoms with Crippen LogP contribution in [0.4, 0.5) is 0 Å². The maximum absolute atomic E-state index is 12.5. The number of hydrogen-bond acceptors (Lipinski definition) is 4. The van der Waals surface area contributed by atoms with Gasteiger partial charge >= 0.3 is 0 Å². The minimum absolute atomic E-state index is 0.0468. The molecule has 5 heteroatoms. The fourth-order valence-corrected chi connectivity index (χ4v) is 5.47. The zero-order chi connectivity index (χ0) is 16.5. The van der Waals surface area contributed by atoms with Crippen LogP contribution in [-0.4, -0.2) is 9.97 Å².